The zero-order valence-electron chi connectivity index (χ0n) is 5.92. The van der Waals surface area contributed by atoms with Crippen LogP contribution in [0.5, 0.6) is 0 Å². The Balaban J connectivity index is 0.000000810. The second-order valence-electron chi connectivity index (χ2n) is 1.58. The average molecular weight is 212 g/mol. The van der Waals surface area contributed by atoms with Crippen molar-refractivity contribution in [3.63, 3.8) is 0 Å². The van der Waals surface area contributed by atoms with Gasteiger partial charge in [-0.05, 0) is 5.82 Å². The van der Waals surface area contributed by atoms with Crippen molar-refractivity contribution >= 4 is 0 Å². The summed E-state index contributed by atoms with van der Waals surface area (Å²) in [6, 6.07) is 0. The van der Waals surface area contributed by atoms with E-state index in [0.717, 1.165) is 5.82 Å². The number of H-pyrrole nitrogens is 1. The molecule has 10 heavy (non-hydrogen) atoms. The van der Waals surface area contributed by atoms with Crippen LogP contribution in [-0.2, 0) is 32.7 Å². The van der Waals surface area contributed by atoms with Crippen molar-refractivity contribution in [1.82, 2.24) is 15.0 Å². The molecule has 0 saturated heterocycles. The van der Waals surface area contributed by atoms with Gasteiger partial charge in [0.1, 0.15) is 5.62 Å². The SMILES string of the molecule is CN=c1n[c-]nc(C)[nH]1.[Y]. The summed E-state index contributed by atoms with van der Waals surface area (Å²) in [5, 5.41) is 0. The van der Waals surface area contributed by atoms with Crippen molar-refractivity contribution in [3.05, 3.63) is 17.8 Å². The van der Waals surface area contributed by atoms with Crippen LogP contribution in [0.15, 0.2) is 4.99 Å². The first-order valence-corrected chi connectivity index (χ1v) is 2.57. The maximum absolute atomic E-state index is 3.79. The summed E-state index contributed by atoms with van der Waals surface area (Å²) in [7, 11) is 1.66. The van der Waals surface area contributed by atoms with E-state index in [4.69, 9.17) is 0 Å². The molecule has 1 radical (unpaired) electrons. The van der Waals surface area contributed by atoms with Crippen LogP contribution < -0.4 is 5.62 Å². The third kappa shape index (κ3) is 2.67. The molecule has 4 nitrogen and oxygen atoms in total. The molecule has 1 aromatic heterocycles. The molecule has 0 unspecified atom stereocenters. The molecule has 1 N–H and O–H groups in total. The fourth-order valence-corrected chi connectivity index (χ4v) is 0.471. The minimum atomic E-state index is 0. The van der Waals surface area contributed by atoms with Gasteiger partial charge in [-0.25, -0.2) is 0 Å². The molecule has 0 saturated carbocycles. The molecule has 0 aliphatic rings. The summed E-state index contributed by atoms with van der Waals surface area (Å²) in [6.45, 7) is 1.83. The molecule has 0 fully saturated rings. The number of hydrogen-bond acceptors (Lipinski definition) is 3. The van der Waals surface area contributed by atoms with Crippen LogP contribution in [-0.4, -0.2) is 22.0 Å². The van der Waals surface area contributed by atoms with Crippen LogP contribution in [0.2, 0.25) is 0 Å². The van der Waals surface area contributed by atoms with Gasteiger partial charge in [-0.15, -0.1) is 0 Å². The summed E-state index contributed by atoms with van der Waals surface area (Å²) in [5.74, 6) is 0.769. The Bertz CT molecular complexity index is 254. The summed E-state index contributed by atoms with van der Waals surface area (Å²) < 4.78 is 0. The number of hydrogen-bond donors (Lipinski definition) is 1. The van der Waals surface area contributed by atoms with Gasteiger partial charge in [-0.1, -0.05) is 6.92 Å². The zero-order chi connectivity index (χ0) is 6.69. The molecule has 0 spiro atoms. The van der Waals surface area contributed by atoms with Crippen LogP contribution in [0.25, 0.3) is 0 Å². The average Bonchev–Trinajstić information content (AvgIpc) is 1.88. The van der Waals surface area contributed by atoms with Gasteiger partial charge in [0.2, 0.25) is 0 Å². The van der Waals surface area contributed by atoms with Crippen molar-refractivity contribution in [2.24, 2.45) is 4.99 Å². The van der Waals surface area contributed by atoms with E-state index >= 15 is 0 Å². The van der Waals surface area contributed by atoms with E-state index in [-0.39, 0.29) is 32.7 Å². The quantitative estimate of drug-likeness (QED) is 0.586. The van der Waals surface area contributed by atoms with Gasteiger partial charge in [0.25, 0.3) is 0 Å². The van der Waals surface area contributed by atoms with E-state index in [0.29, 0.717) is 5.62 Å². The molecule has 51 valence electrons. The molecule has 1 heterocycles. The van der Waals surface area contributed by atoms with Crippen LogP contribution in [0, 0.1) is 13.3 Å². The fraction of sp³-hybridized carbons (Fsp3) is 0.400. The van der Waals surface area contributed by atoms with E-state index in [1.54, 1.807) is 7.05 Å². The number of nitrogens with one attached hydrogen (secondary N) is 1. The second-order valence-corrected chi connectivity index (χ2v) is 1.58. The van der Waals surface area contributed by atoms with E-state index in [1.165, 1.54) is 0 Å². The molecule has 5 heteroatoms. The van der Waals surface area contributed by atoms with Crippen LogP contribution in [0.1, 0.15) is 5.82 Å². The Morgan fingerprint density at radius 3 is 2.60 bits per heavy atom. The Morgan fingerprint density at radius 1 is 1.50 bits per heavy atom. The van der Waals surface area contributed by atoms with Gasteiger partial charge in [-0.3, -0.25) is 0 Å². The van der Waals surface area contributed by atoms with Crippen molar-refractivity contribution in [2.75, 3.05) is 7.05 Å². The maximum atomic E-state index is 3.79. The van der Waals surface area contributed by atoms with Crippen molar-refractivity contribution in [3.8, 4) is 0 Å². The first kappa shape index (κ1) is 9.91. The minimum Gasteiger partial charge on any atom is -0.419 e. The standard InChI is InChI=1S/C5H7N4.Y/c1-4-7-3-8-5(6-2)9-4;/h1-2H3,(H,6,7,8,9);/q-1;. The molecular weight excluding hydrogens is 205 g/mol. The van der Waals surface area contributed by atoms with Gasteiger partial charge in [0.05, 0.1) is 0 Å². The summed E-state index contributed by atoms with van der Waals surface area (Å²) in [5.41, 5.74) is 0.558. The normalized spacial score (nSPS) is 10.8. The fourth-order valence-electron chi connectivity index (χ4n) is 0.471. The summed E-state index contributed by atoms with van der Waals surface area (Å²) >= 11 is 0. The second kappa shape index (κ2) is 4.69. The molecule has 1 rings (SSSR count). The topological polar surface area (TPSA) is 53.9 Å². The molecule has 0 amide bonds. The molecule has 0 atom stereocenters. The zero-order valence-corrected chi connectivity index (χ0v) is 8.76. The Labute approximate surface area is 84.1 Å². The Hall–Kier alpha value is -0.0861. The van der Waals surface area contributed by atoms with Gasteiger partial charge < -0.3 is 19.9 Å². The number of aromatic amines is 1. The van der Waals surface area contributed by atoms with Crippen LogP contribution >= 0.6 is 0 Å². The van der Waals surface area contributed by atoms with Crippen molar-refractivity contribution in [1.29, 1.82) is 0 Å². The predicted molar refractivity (Wildman–Crippen MR) is 31.4 cm³/mol. The van der Waals surface area contributed by atoms with Gasteiger partial charge in [0.15, 0.2) is 0 Å². The van der Waals surface area contributed by atoms with Gasteiger partial charge >= 0.3 is 0 Å². The summed E-state index contributed by atoms with van der Waals surface area (Å²) in [6.07, 6.45) is 2.46. The number of aromatic nitrogens is 3. The first-order valence-electron chi connectivity index (χ1n) is 2.57. The third-order valence-corrected chi connectivity index (χ3v) is 0.878. The minimum absolute atomic E-state index is 0. The first-order chi connectivity index (χ1) is 4.33. The molecular formula is C5H7N4Y-. The summed E-state index contributed by atoms with van der Waals surface area (Å²) in [4.78, 5) is 14.1. The molecule has 0 aromatic carbocycles. The van der Waals surface area contributed by atoms with E-state index in [9.17, 15) is 0 Å². The third-order valence-electron chi connectivity index (χ3n) is 0.878. The maximum Gasteiger partial charge on any atom is 0.109 e. The monoisotopic (exact) mass is 212 g/mol. The number of nitrogens with zero attached hydrogens (tertiary/aromatic N) is 3. The van der Waals surface area contributed by atoms with Crippen LogP contribution in [0.4, 0.5) is 0 Å². The van der Waals surface area contributed by atoms with E-state index in [2.05, 4.69) is 26.3 Å². The van der Waals surface area contributed by atoms with Gasteiger partial charge in [-0.2, -0.15) is 0 Å². The van der Waals surface area contributed by atoms with Crippen LogP contribution in [0.3, 0.4) is 0 Å². The van der Waals surface area contributed by atoms with Crippen molar-refractivity contribution < 1.29 is 32.7 Å². The largest absolute Gasteiger partial charge is 0.419 e. The Kier molecular flexibility index (Phi) is 4.65. The van der Waals surface area contributed by atoms with E-state index in [1.807, 2.05) is 6.92 Å². The number of aryl methyl sites for hydroxylation is 1. The van der Waals surface area contributed by atoms with E-state index < -0.39 is 0 Å². The molecule has 1 aromatic rings. The predicted octanol–water partition coefficient (Wildman–Crippen LogP) is -0.559. The molecule has 0 aliphatic carbocycles. The smallest absolute Gasteiger partial charge is 0.109 e. The Morgan fingerprint density at radius 2 is 2.20 bits per heavy atom. The molecule has 0 aliphatic heterocycles. The number of rotatable bonds is 0. The molecule has 0 bridgehead atoms. The van der Waals surface area contributed by atoms with Crippen molar-refractivity contribution in [2.45, 2.75) is 6.92 Å². The van der Waals surface area contributed by atoms with Gasteiger partial charge in [0, 0.05) is 46.1 Å².